The van der Waals surface area contributed by atoms with Gasteiger partial charge in [0, 0.05) is 38.6 Å². The Morgan fingerprint density at radius 2 is 0.957 bits per heavy atom. The number of nitrogens with zero attached hydrogens (tertiary/aromatic N) is 1. The molecule has 47 heavy (non-hydrogen) atoms. The Bertz CT molecular complexity index is 2800. The molecule has 2 aromatic heterocycles. The van der Waals surface area contributed by atoms with Crippen LogP contribution in [0.2, 0.25) is 0 Å². The van der Waals surface area contributed by atoms with Gasteiger partial charge in [0.15, 0.2) is 0 Å². The van der Waals surface area contributed by atoms with Crippen LogP contribution in [-0.4, -0.2) is 0 Å². The van der Waals surface area contributed by atoms with E-state index in [0.29, 0.717) is 0 Å². The van der Waals surface area contributed by atoms with E-state index in [1.807, 2.05) is 24.3 Å². The molecule has 0 atom stereocenters. The quantitative estimate of drug-likeness (QED) is 0.201. The molecule has 10 rings (SSSR count). The van der Waals surface area contributed by atoms with Gasteiger partial charge in [0.25, 0.3) is 0 Å². The molecule has 3 nitrogen and oxygen atoms in total. The van der Waals surface area contributed by atoms with E-state index in [1.165, 1.54) is 27.3 Å². The first-order valence-electron chi connectivity index (χ1n) is 15.9. The Labute approximate surface area is 270 Å². The molecule has 0 unspecified atom stereocenters. The van der Waals surface area contributed by atoms with E-state index in [9.17, 15) is 0 Å². The van der Waals surface area contributed by atoms with Gasteiger partial charge in [-0.25, -0.2) is 0 Å². The minimum absolute atomic E-state index is 0.883. The molecule has 0 aliphatic carbocycles. The third kappa shape index (κ3) is 4.07. The first-order valence-corrected chi connectivity index (χ1v) is 15.9. The van der Waals surface area contributed by atoms with Crippen LogP contribution >= 0.6 is 0 Å². The number of hydrogen-bond donors (Lipinski definition) is 0. The SMILES string of the molecule is c1ccc2c(-c3ccc(N(c4ccc5c(ccc6oc7ccccc7c65)c4)c4ccc5oc6ccccc6c5c4)cc3)cccc2c1. The maximum Gasteiger partial charge on any atom is 0.136 e. The monoisotopic (exact) mass is 601 g/mol. The third-order valence-corrected chi connectivity index (χ3v) is 9.44. The summed E-state index contributed by atoms with van der Waals surface area (Å²) in [6.07, 6.45) is 0. The number of benzene rings is 8. The molecule has 0 spiro atoms. The van der Waals surface area contributed by atoms with Crippen LogP contribution in [0.1, 0.15) is 0 Å². The van der Waals surface area contributed by atoms with Gasteiger partial charge < -0.3 is 13.7 Å². The number of fused-ring (bicyclic) bond motifs is 9. The topological polar surface area (TPSA) is 29.5 Å². The van der Waals surface area contributed by atoms with Gasteiger partial charge in [0.2, 0.25) is 0 Å². The molecule has 0 amide bonds. The van der Waals surface area contributed by atoms with Gasteiger partial charge in [0.05, 0.1) is 0 Å². The molecule has 0 radical (unpaired) electrons. The Balaban J connectivity index is 1.16. The molecule has 0 aliphatic heterocycles. The highest BCUT2D eigenvalue weighted by atomic mass is 16.3. The van der Waals surface area contributed by atoms with E-state index in [0.717, 1.165) is 66.3 Å². The maximum atomic E-state index is 6.20. The molecule has 0 fully saturated rings. The maximum absolute atomic E-state index is 6.20. The summed E-state index contributed by atoms with van der Waals surface area (Å²) in [4.78, 5) is 2.34. The summed E-state index contributed by atoms with van der Waals surface area (Å²) in [6, 6.07) is 58.0. The fourth-order valence-corrected chi connectivity index (χ4v) is 7.25. The molecule has 0 aliphatic rings. The van der Waals surface area contributed by atoms with Gasteiger partial charge >= 0.3 is 0 Å². The number of rotatable bonds is 4. The lowest BCUT2D eigenvalue weighted by Crippen LogP contribution is -2.09. The minimum atomic E-state index is 0.883. The number of furan rings is 2. The van der Waals surface area contributed by atoms with E-state index in [4.69, 9.17) is 8.83 Å². The second-order valence-electron chi connectivity index (χ2n) is 12.1. The molecular formula is C44H27NO2. The van der Waals surface area contributed by atoms with Gasteiger partial charge in [-0.15, -0.1) is 0 Å². The Kier molecular flexibility index (Phi) is 5.57. The van der Waals surface area contributed by atoms with E-state index in [-0.39, 0.29) is 0 Å². The van der Waals surface area contributed by atoms with Gasteiger partial charge in [-0.2, -0.15) is 0 Å². The lowest BCUT2D eigenvalue weighted by molar-refractivity contribution is 0.668. The molecule has 220 valence electrons. The molecule has 0 bridgehead atoms. The summed E-state index contributed by atoms with van der Waals surface area (Å²) in [5.41, 5.74) is 9.24. The predicted octanol–water partition coefficient (Wildman–Crippen LogP) is 12.9. The van der Waals surface area contributed by atoms with Crippen molar-refractivity contribution in [3.05, 3.63) is 164 Å². The Hall–Kier alpha value is -6.32. The summed E-state index contributed by atoms with van der Waals surface area (Å²) < 4.78 is 12.4. The first-order chi connectivity index (χ1) is 23.3. The fourth-order valence-electron chi connectivity index (χ4n) is 7.25. The average Bonchev–Trinajstić information content (AvgIpc) is 3.70. The van der Waals surface area contributed by atoms with E-state index in [2.05, 4.69) is 144 Å². The normalized spacial score (nSPS) is 11.8. The van der Waals surface area contributed by atoms with Crippen LogP contribution in [0, 0.1) is 0 Å². The minimum Gasteiger partial charge on any atom is -0.456 e. The number of hydrogen-bond acceptors (Lipinski definition) is 3. The van der Waals surface area contributed by atoms with Crippen molar-refractivity contribution in [1.82, 2.24) is 0 Å². The van der Waals surface area contributed by atoms with Crippen molar-refractivity contribution in [1.29, 1.82) is 0 Å². The van der Waals surface area contributed by atoms with Gasteiger partial charge in [-0.05, 0) is 93.3 Å². The summed E-state index contributed by atoms with van der Waals surface area (Å²) >= 11 is 0. The van der Waals surface area contributed by atoms with Gasteiger partial charge in [-0.3, -0.25) is 0 Å². The van der Waals surface area contributed by atoms with Crippen LogP contribution in [0.5, 0.6) is 0 Å². The highest BCUT2D eigenvalue weighted by Gasteiger charge is 2.18. The van der Waals surface area contributed by atoms with Crippen LogP contribution in [0.25, 0.3) is 76.5 Å². The standard InChI is InChI=1S/C44H27NO2/c1-2-10-34-28(8-1)9-7-13-35(34)29-16-19-31(20-17-29)45(33-22-25-42-39(27-33)37-11-3-5-14-40(37)46-42)32-21-23-36-30(26-32)18-24-43-44(36)38-12-4-6-15-41(38)47-43/h1-27H. The largest absolute Gasteiger partial charge is 0.456 e. The van der Waals surface area contributed by atoms with Crippen molar-refractivity contribution in [2.24, 2.45) is 0 Å². The molecule has 2 heterocycles. The zero-order valence-electron chi connectivity index (χ0n) is 25.4. The highest BCUT2D eigenvalue weighted by molar-refractivity contribution is 6.19. The van der Waals surface area contributed by atoms with Crippen LogP contribution in [0.3, 0.4) is 0 Å². The second kappa shape index (κ2) is 10.1. The molecule has 0 saturated heterocycles. The van der Waals surface area contributed by atoms with Crippen molar-refractivity contribution in [2.75, 3.05) is 4.90 Å². The van der Waals surface area contributed by atoms with Gasteiger partial charge in [-0.1, -0.05) is 103 Å². The van der Waals surface area contributed by atoms with Crippen LogP contribution in [0.15, 0.2) is 173 Å². The zero-order valence-corrected chi connectivity index (χ0v) is 25.4. The van der Waals surface area contributed by atoms with Crippen molar-refractivity contribution < 1.29 is 8.83 Å². The molecule has 10 aromatic rings. The molecular weight excluding hydrogens is 574 g/mol. The van der Waals surface area contributed by atoms with Crippen LogP contribution in [0.4, 0.5) is 17.1 Å². The summed E-state index contributed by atoms with van der Waals surface area (Å²) in [7, 11) is 0. The lowest BCUT2D eigenvalue weighted by atomic mass is 9.98. The first kappa shape index (κ1) is 26.0. The van der Waals surface area contributed by atoms with Gasteiger partial charge in [0.1, 0.15) is 22.3 Å². The number of anilines is 3. The zero-order chi connectivity index (χ0) is 30.9. The lowest BCUT2D eigenvalue weighted by Gasteiger charge is -2.26. The molecule has 0 N–H and O–H groups in total. The Morgan fingerprint density at radius 3 is 1.83 bits per heavy atom. The van der Waals surface area contributed by atoms with Crippen molar-refractivity contribution in [3.63, 3.8) is 0 Å². The predicted molar refractivity (Wildman–Crippen MR) is 196 cm³/mol. The van der Waals surface area contributed by atoms with Crippen LogP contribution in [-0.2, 0) is 0 Å². The van der Waals surface area contributed by atoms with E-state index < -0.39 is 0 Å². The second-order valence-corrected chi connectivity index (χ2v) is 12.1. The van der Waals surface area contributed by atoms with E-state index >= 15 is 0 Å². The molecule has 0 saturated carbocycles. The molecule has 3 heteroatoms. The van der Waals surface area contributed by atoms with E-state index in [1.54, 1.807) is 0 Å². The summed E-state index contributed by atoms with van der Waals surface area (Å²) in [5, 5.41) is 9.34. The average molecular weight is 602 g/mol. The number of para-hydroxylation sites is 2. The molecule has 8 aromatic carbocycles. The summed E-state index contributed by atoms with van der Waals surface area (Å²) in [5.74, 6) is 0. The summed E-state index contributed by atoms with van der Waals surface area (Å²) in [6.45, 7) is 0. The smallest absolute Gasteiger partial charge is 0.136 e. The fraction of sp³-hybridized carbons (Fsp3) is 0. The van der Waals surface area contributed by atoms with Crippen LogP contribution < -0.4 is 4.90 Å². The van der Waals surface area contributed by atoms with Crippen molar-refractivity contribution in [2.45, 2.75) is 0 Å². The third-order valence-electron chi connectivity index (χ3n) is 9.44. The highest BCUT2D eigenvalue weighted by Crippen LogP contribution is 2.42. The van der Waals surface area contributed by atoms with Crippen molar-refractivity contribution in [3.8, 4) is 11.1 Å². The van der Waals surface area contributed by atoms with Crippen molar-refractivity contribution >= 4 is 82.5 Å². The Morgan fingerprint density at radius 1 is 0.340 bits per heavy atom.